The molecule has 3 aliphatic rings. The van der Waals surface area contributed by atoms with Crippen molar-refractivity contribution in [3.63, 3.8) is 0 Å². The van der Waals surface area contributed by atoms with Crippen LogP contribution >= 0.6 is 27.7 Å². The molecule has 136 valence electrons. The molecular weight excluding hydrogens is 400 g/mol. The highest BCUT2D eigenvalue weighted by Gasteiger charge is 2.36. The molecule has 3 fully saturated rings. The largest absolute Gasteiger partial charge is 0.369 e. The zero-order valence-corrected chi connectivity index (χ0v) is 16.8. The number of thioether (sulfide) groups is 1. The van der Waals surface area contributed by atoms with Crippen LogP contribution < -0.4 is 10.2 Å². The van der Waals surface area contributed by atoms with Crippen molar-refractivity contribution in [2.24, 2.45) is 0 Å². The molecule has 3 heterocycles. The molecule has 1 amide bonds. The standard InChI is InChI=1S/C18H25BrN4OS/c19-14-1-3-15(4-2-14)21-5-7-22(8-6-21)16-11-17(20-12-16)18(24)23-9-10-25-13-23/h1-4,16-17,20H,5-13H2/t16-,17-/m0/s1. The van der Waals surface area contributed by atoms with Crippen LogP contribution in [0.4, 0.5) is 5.69 Å². The number of halogens is 1. The Bertz CT molecular complexity index is 600. The Morgan fingerprint density at radius 1 is 1.12 bits per heavy atom. The van der Waals surface area contributed by atoms with Gasteiger partial charge in [-0.1, -0.05) is 15.9 Å². The minimum absolute atomic E-state index is 0.0215. The molecule has 0 aromatic heterocycles. The maximum atomic E-state index is 12.6. The molecule has 0 unspecified atom stereocenters. The summed E-state index contributed by atoms with van der Waals surface area (Å²) in [6, 6.07) is 9.09. The molecular formula is C18H25BrN4OS. The summed E-state index contributed by atoms with van der Waals surface area (Å²) in [6.07, 6.45) is 0.957. The van der Waals surface area contributed by atoms with Gasteiger partial charge >= 0.3 is 0 Å². The zero-order valence-electron chi connectivity index (χ0n) is 14.4. The highest BCUT2D eigenvalue weighted by Crippen LogP contribution is 2.23. The normalized spacial score (nSPS) is 27.9. The molecule has 7 heteroatoms. The van der Waals surface area contributed by atoms with E-state index < -0.39 is 0 Å². The minimum Gasteiger partial charge on any atom is -0.369 e. The quantitative estimate of drug-likeness (QED) is 0.800. The summed E-state index contributed by atoms with van der Waals surface area (Å²) in [4.78, 5) is 19.6. The lowest BCUT2D eigenvalue weighted by Gasteiger charge is -2.39. The Hall–Kier alpha value is -0.760. The summed E-state index contributed by atoms with van der Waals surface area (Å²) in [6.45, 7) is 6.11. The summed E-state index contributed by atoms with van der Waals surface area (Å²) in [7, 11) is 0. The number of rotatable bonds is 3. The van der Waals surface area contributed by atoms with Crippen LogP contribution in [0.2, 0.25) is 0 Å². The summed E-state index contributed by atoms with van der Waals surface area (Å²) < 4.78 is 1.12. The molecule has 0 radical (unpaired) electrons. The van der Waals surface area contributed by atoms with Gasteiger partial charge in [-0.15, -0.1) is 11.8 Å². The lowest BCUT2D eigenvalue weighted by Crippen LogP contribution is -2.51. The number of nitrogens with zero attached hydrogens (tertiary/aromatic N) is 3. The van der Waals surface area contributed by atoms with Crippen LogP contribution in [0.25, 0.3) is 0 Å². The monoisotopic (exact) mass is 424 g/mol. The van der Waals surface area contributed by atoms with Crippen molar-refractivity contribution in [3.8, 4) is 0 Å². The van der Waals surface area contributed by atoms with Crippen LogP contribution in [-0.2, 0) is 4.79 Å². The van der Waals surface area contributed by atoms with Crippen molar-refractivity contribution in [1.29, 1.82) is 0 Å². The second-order valence-electron chi connectivity index (χ2n) is 6.99. The van der Waals surface area contributed by atoms with Gasteiger partial charge in [0.2, 0.25) is 5.91 Å². The molecule has 0 saturated carbocycles. The second-order valence-corrected chi connectivity index (χ2v) is 8.98. The molecule has 1 N–H and O–H groups in total. The van der Waals surface area contributed by atoms with Crippen molar-refractivity contribution < 1.29 is 4.79 Å². The van der Waals surface area contributed by atoms with Crippen LogP contribution in [0.15, 0.2) is 28.7 Å². The van der Waals surface area contributed by atoms with Crippen LogP contribution in [0.5, 0.6) is 0 Å². The van der Waals surface area contributed by atoms with E-state index in [1.807, 2.05) is 16.7 Å². The molecule has 4 rings (SSSR count). The van der Waals surface area contributed by atoms with E-state index in [0.29, 0.717) is 11.9 Å². The van der Waals surface area contributed by atoms with Crippen LogP contribution in [-0.4, -0.2) is 78.7 Å². The van der Waals surface area contributed by atoms with Crippen molar-refractivity contribution in [3.05, 3.63) is 28.7 Å². The smallest absolute Gasteiger partial charge is 0.240 e. The third kappa shape index (κ3) is 3.99. The Balaban J connectivity index is 1.28. The number of amides is 1. The van der Waals surface area contributed by atoms with Crippen molar-refractivity contribution in [2.75, 3.05) is 55.8 Å². The van der Waals surface area contributed by atoms with Gasteiger partial charge in [0, 0.05) is 61.2 Å². The van der Waals surface area contributed by atoms with E-state index in [0.717, 1.165) is 61.8 Å². The van der Waals surface area contributed by atoms with E-state index in [4.69, 9.17) is 0 Å². The first kappa shape index (κ1) is 17.6. The second kappa shape index (κ2) is 7.86. The fraction of sp³-hybridized carbons (Fsp3) is 0.611. The molecule has 2 atom stereocenters. The van der Waals surface area contributed by atoms with E-state index in [-0.39, 0.29) is 6.04 Å². The van der Waals surface area contributed by atoms with E-state index in [1.54, 1.807) is 0 Å². The average Bonchev–Trinajstić information content (AvgIpc) is 3.34. The Kier molecular flexibility index (Phi) is 5.55. The average molecular weight is 425 g/mol. The van der Waals surface area contributed by atoms with Crippen molar-refractivity contribution >= 4 is 39.3 Å². The van der Waals surface area contributed by atoms with Gasteiger partial charge in [0.25, 0.3) is 0 Å². The highest BCUT2D eigenvalue weighted by atomic mass is 79.9. The van der Waals surface area contributed by atoms with E-state index >= 15 is 0 Å². The fourth-order valence-corrected chi connectivity index (χ4v) is 5.21. The first-order valence-corrected chi connectivity index (χ1v) is 11.0. The lowest BCUT2D eigenvalue weighted by atomic mass is 10.1. The molecule has 0 aliphatic carbocycles. The number of carbonyl (C=O) groups excluding carboxylic acids is 1. The summed E-state index contributed by atoms with van der Waals surface area (Å²) in [5, 5.41) is 3.47. The number of nitrogens with one attached hydrogen (secondary N) is 1. The maximum Gasteiger partial charge on any atom is 0.240 e. The third-order valence-electron chi connectivity index (χ3n) is 5.49. The minimum atomic E-state index is 0.0215. The lowest BCUT2D eigenvalue weighted by molar-refractivity contribution is -0.131. The Morgan fingerprint density at radius 2 is 1.88 bits per heavy atom. The van der Waals surface area contributed by atoms with E-state index in [9.17, 15) is 4.79 Å². The summed E-state index contributed by atoms with van der Waals surface area (Å²) in [5.74, 6) is 2.26. The number of anilines is 1. The Morgan fingerprint density at radius 3 is 2.56 bits per heavy atom. The van der Waals surface area contributed by atoms with E-state index in [1.165, 1.54) is 5.69 Å². The number of piperazine rings is 1. The molecule has 3 saturated heterocycles. The highest BCUT2D eigenvalue weighted by molar-refractivity contribution is 9.10. The van der Waals surface area contributed by atoms with Crippen LogP contribution in [0.1, 0.15) is 6.42 Å². The number of carbonyl (C=O) groups is 1. The SMILES string of the molecule is O=C([C@@H]1C[C@H](N2CCN(c3ccc(Br)cc3)CC2)CN1)N1CCSC1. The number of hydrogen-bond acceptors (Lipinski definition) is 5. The summed E-state index contributed by atoms with van der Waals surface area (Å²) in [5.41, 5.74) is 1.30. The predicted molar refractivity (Wildman–Crippen MR) is 107 cm³/mol. The third-order valence-corrected chi connectivity index (χ3v) is 6.99. The first-order valence-electron chi connectivity index (χ1n) is 9.05. The van der Waals surface area contributed by atoms with Gasteiger partial charge in [-0.25, -0.2) is 0 Å². The molecule has 1 aromatic carbocycles. The van der Waals surface area contributed by atoms with Gasteiger partial charge in [0.1, 0.15) is 0 Å². The molecule has 0 bridgehead atoms. The number of benzene rings is 1. The van der Waals surface area contributed by atoms with Gasteiger partial charge in [-0.05, 0) is 30.7 Å². The molecule has 5 nitrogen and oxygen atoms in total. The van der Waals surface area contributed by atoms with Gasteiger partial charge in [0.15, 0.2) is 0 Å². The fourth-order valence-electron chi connectivity index (χ4n) is 3.99. The molecule has 3 aliphatic heterocycles. The van der Waals surface area contributed by atoms with Crippen molar-refractivity contribution in [1.82, 2.24) is 15.1 Å². The molecule has 25 heavy (non-hydrogen) atoms. The van der Waals surface area contributed by atoms with Gasteiger partial charge < -0.3 is 15.1 Å². The van der Waals surface area contributed by atoms with Crippen LogP contribution in [0, 0.1) is 0 Å². The Labute approximate surface area is 162 Å². The number of hydrogen-bond donors (Lipinski definition) is 1. The molecule has 1 aromatic rings. The maximum absolute atomic E-state index is 12.6. The topological polar surface area (TPSA) is 38.8 Å². The predicted octanol–water partition coefficient (Wildman–Crippen LogP) is 1.83. The van der Waals surface area contributed by atoms with Gasteiger partial charge in [-0.2, -0.15) is 0 Å². The van der Waals surface area contributed by atoms with E-state index in [2.05, 4.69) is 55.3 Å². The van der Waals surface area contributed by atoms with Crippen molar-refractivity contribution in [2.45, 2.75) is 18.5 Å². The first-order chi connectivity index (χ1) is 12.2. The summed E-state index contributed by atoms with van der Waals surface area (Å²) >= 11 is 5.35. The zero-order chi connectivity index (χ0) is 17.2. The van der Waals surface area contributed by atoms with Gasteiger partial charge in [-0.3, -0.25) is 9.69 Å². The van der Waals surface area contributed by atoms with Crippen LogP contribution in [0.3, 0.4) is 0 Å². The molecule has 0 spiro atoms. The van der Waals surface area contributed by atoms with Gasteiger partial charge in [0.05, 0.1) is 11.9 Å².